The van der Waals surface area contributed by atoms with Gasteiger partial charge in [-0.15, -0.1) is 5.73 Å². The van der Waals surface area contributed by atoms with Gasteiger partial charge in [-0.1, -0.05) is 13.2 Å². The number of hydrogen-bond acceptors (Lipinski definition) is 3. The molecule has 0 aliphatic rings. The predicted octanol–water partition coefficient (Wildman–Crippen LogP) is 3.96. The molecule has 15 heavy (non-hydrogen) atoms. The Morgan fingerprint density at radius 2 is 1.13 bits per heavy atom. The second-order valence-corrected chi connectivity index (χ2v) is 5.84. The molecule has 0 aromatic rings. The summed E-state index contributed by atoms with van der Waals surface area (Å²) in [6.45, 7) is 17.3. The molecule has 4 heteroatoms. The quantitative estimate of drug-likeness (QED) is 0.535. The molecule has 0 aliphatic carbocycles. The topological polar surface area (TPSA) is 35.5 Å². The summed E-state index contributed by atoms with van der Waals surface area (Å²) in [5.74, 6) is 0. The van der Waals surface area contributed by atoms with Crippen molar-refractivity contribution in [2.75, 3.05) is 0 Å². The fourth-order valence-electron chi connectivity index (χ4n) is 0.521. The highest BCUT2D eigenvalue weighted by Gasteiger charge is 2.20. The molecule has 0 amide bonds. The molecule has 0 aliphatic heterocycles. The van der Waals surface area contributed by atoms with Crippen molar-refractivity contribution in [3.05, 3.63) is 18.9 Å². The monoisotopic (exact) mass is 234 g/mol. The normalized spacial score (nSPS) is 11.7. The maximum atomic E-state index is 11.2. The first kappa shape index (κ1) is 17.1. The van der Waals surface area contributed by atoms with E-state index in [0.29, 0.717) is 0 Å². The van der Waals surface area contributed by atoms with Gasteiger partial charge >= 0.3 is 8.25 Å². The summed E-state index contributed by atoms with van der Waals surface area (Å²) < 4.78 is 21.5. The average Bonchev–Trinajstić information content (AvgIpc) is 1.77. The van der Waals surface area contributed by atoms with Gasteiger partial charge in [0.1, 0.15) is 0 Å². The van der Waals surface area contributed by atoms with Crippen molar-refractivity contribution in [1.29, 1.82) is 0 Å². The molecule has 3 nitrogen and oxygen atoms in total. The Bertz CT molecular complexity index is 209. The van der Waals surface area contributed by atoms with Gasteiger partial charge in [0, 0.05) is 0 Å². The Hall–Kier alpha value is -0.330. The van der Waals surface area contributed by atoms with Crippen LogP contribution in [0.25, 0.3) is 0 Å². The van der Waals surface area contributed by atoms with Gasteiger partial charge in [0.2, 0.25) is 0 Å². The zero-order valence-corrected chi connectivity index (χ0v) is 11.6. The first-order valence-corrected chi connectivity index (χ1v) is 5.95. The van der Waals surface area contributed by atoms with Crippen LogP contribution in [0.1, 0.15) is 41.5 Å². The standard InChI is InChI=1S/C8H19O3P.C3H4/c1-7(2,3)10-12(9)11-8(4,5)6;1-3-2/h12H,1-6H3;1-2H2. The molecule has 0 rings (SSSR count). The fourth-order valence-corrected chi connectivity index (χ4v) is 1.56. The first-order chi connectivity index (χ1) is 6.52. The van der Waals surface area contributed by atoms with Gasteiger partial charge in [-0.3, -0.25) is 4.57 Å². The summed E-state index contributed by atoms with van der Waals surface area (Å²) in [6, 6.07) is 0. The van der Waals surface area contributed by atoms with E-state index in [0.717, 1.165) is 0 Å². The second kappa shape index (κ2) is 7.03. The molecule has 0 atom stereocenters. The molecule has 0 bridgehead atoms. The van der Waals surface area contributed by atoms with E-state index in [1.165, 1.54) is 0 Å². The third kappa shape index (κ3) is 19.9. The van der Waals surface area contributed by atoms with E-state index in [1.54, 1.807) is 0 Å². The average molecular weight is 234 g/mol. The zero-order chi connectivity index (χ0) is 12.7. The number of rotatable bonds is 2. The van der Waals surface area contributed by atoms with Crippen LogP contribution >= 0.6 is 8.25 Å². The molecule has 0 aromatic heterocycles. The van der Waals surface area contributed by atoms with Crippen LogP contribution in [0.5, 0.6) is 0 Å². The van der Waals surface area contributed by atoms with Gasteiger partial charge < -0.3 is 9.05 Å². The molecule has 0 radical (unpaired) electrons. The van der Waals surface area contributed by atoms with E-state index in [9.17, 15) is 4.57 Å². The Morgan fingerprint density at radius 1 is 0.933 bits per heavy atom. The lowest BCUT2D eigenvalue weighted by Crippen LogP contribution is -2.19. The van der Waals surface area contributed by atoms with Crippen LogP contribution in [-0.4, -0.2) is 11.2 Å². The minimum absolute atomic E-state index is 0.401. The minimum atomic E-state index is -2.35. The minimum Gasteiger partial charge on any atom is -0.305 e. The van der Waals surface area contributed by atoms with Gasteiger partial charge in [-0.05, 0) is 41.5 Å². The van der Waals surface area contributed by atoms with Crippen LogP contribution < -0.4 is 0 Å². The lowest BCUT2D eigenvalue weighted by Gasteiger charge is -2.23. The highest BCUT2D eigenvalue weighted by molar-refractivity contribution is 7.33. The molecule has 0 saturated carbocycles. The molecule has 0 aromatic carbocycles. The van der Waals surface area contributed by atoms with E-state index >= 15 is 0 Å². The molecule has 0 fully saturated rings. The van der Waals surface area contributed by atoms with Crippen LogP contribution in [0.3, 0.4) is 0 Å². The summed E-state index contributed by atoms with van der Waals surface area (Å²) in [6.07, 6.45) is 0. The fraction of sp³-hybridized carbons (Fsp3) is 0.727. The first-order valence-electron chi connectivity index (χ1n) is 4.73. The maximum Gasteiger partial charge on any atom is 0.320 e. The van der Waals surface area contributed by atoms with Gasteiger partial charge in [0.05, 0.1) is 11.2 Å². The van der Waals surface area contributed by atoms with Crippen molar-refractivity contribution in [3.8, 4) is 0 Å². The van der Waals surface area contributed by atoms with Crippen molar-refractivity contribution in [2.24, 2.45) is 0 Å². The van der Waals surface area contributed by atoms with Crippen molar-refractivity contribution in [3.63, 3.8) is 0 Å². The van der Waals surface area contributed by atoms with Crippen LogP contribution in [0.15, 0.2) is 18.9 Å². The summed E-state index contributed by atoms with van der Waals surface area (Å²) in [4.78, 5) is 0. The van der Waals surface area contributed by atoms with Crippen LogP contribution in [0.4, 0.5) is 0 Å². The second-order valence-electron chi connectivity index (χ2n) is 4.93. The molecule has 90 valence electrons. The largest absolute Gasteiger partial charge is 0.320 e. The highest BCUT2D eigenvalue weighted by Crippen LogP contribution is 2.35. The Labute approximate surface area is 94.1 Å². The van der Waals surface area contributed by atoms with Crippen LogP contribution in [-0.2, 0) is 13.6 Å². The van der Waals surface area contributed by atoms with Crippen LogP contribution in [0, 0.1) is 0 Å². The summed E-state index contributed by atoms with van der Waals surface area (Å²) >= 11 is 0. The zero-order valence-electron chi connectivity index (χ0n) is 10.6. The lowest BCUT2D eigenvalue weighted by atomic mass is 10.2. The molecule has 0 saturated heterocycles. The van der Waals surface area contributed by atoms with E-state index in [4.69, 9.17) is 9.05 Å². The lowest BCUT2D eigenvalue weighted by molar-refractivity contribution is 0.0634. The highest BCUT2D eigenvalue weighted by atomic mass is 31.1. The van der Waals surface area contributed by atoms with Gasteiger partial charge in [0.25, 0.3) is 0 Å². The molecule has 0 spiro atoms. The summed E-state index contributed by atoms with van der Waals surface area (Å²) in [7, 11) is -2.35. The van der Waals surface area contributed by atoms with E-state index in [-0.39, 0.29) is 0 Å². The molecular weight excluding hydrogens is 211 g/mol. The smallest absolute Gasteiger partial charge is 0.305 e. The van der Waals surface area contributed by atoms with Gasteiger partial charge in [-0.2, -0.15) is 0 Å². The third-order valence-electron chi connectivity index (χ3n) is 0.779. The Balaban J connectivity index is 0. The Morgan fingerprint density at radius 3 is 1.27 bits per heavy atom. The van der Waals surface area contributed by atoms with Crippen LogP contribution in [0.2, 0.25) is 0 Å². The van der Waals surface area contributed by atoms with E-state index < -0.39 is 19.5 Å². The van der Waals surface area contributed by atoms with Crippen molar-refractivity contribution >= 4 is 8.25 Å². The van der Waals surface area contributed by atoms with Crippen molar-refractivity contribution in [2.45, 2.75) is 52.7 Å². The predicted molar refractivity (Wildman–Crippen MR) is 65.4 cm³/mol. The summed E-state index contributed by atoms with van der Waals surface area (Å²) in [5.41, 5.74) is 1.45. The van der Waals surface area contributed by atoms with E-state index in [2.05, 4.69) is 18.9 Å². The van der Waals surface area contributed by atoms with Gasteiger partial charge in [0.15, 0.2) is 0 Å². The number of hydrogen-bond donors (Lipinski definition) is 0. The maximum absolute atomic E-state index is 11.2. The third-order valence-corrected chi connectivity index (χ3v) is 2.34. The van der Waals surface area contributed by atoms with Gasteiger partial charge in [-0.25, -0.2) is 0 Å². The van der Waals surface area contributed by atoms with Crippen molar-refractivity contribution < 1.29 is 13.6 Å². The molecule has 0 N–H and O–H groups in total. The molecular formula is C11H23O3P. The SMILES string of the molecule is C=C=C.CC(C)(C)O[PH](=O)OC(C)(C)C. The summed E-state index contributed by atoms with van der Waals surface area (Å²) in [5, 5.41) is 0. The molecule has 0 unspecified atom stereocenters. The van der Waals surface area contributed by atoms with Crippen molar-refractivity contribution in [1.82, 2.24) is 0 Å². The molecule has 0 heterocycles. The van der Waals surface area contributed by atoms with E-state index in [1.807, 2.05) is 41.5 Å². The Kier molecular flexibility index (Phi) is 8.00.